The standard InChI is InChI=1S/C26H30FN3O2S/c1-3-4-5-6-7-12-23-28-26(29-32-23)30-22-11-9-8-10-21(22)24(31)18(2)25(30)33-17-19-13-15-20(27)16-14-19/h8-11,13-16,23H,3-7,12,17H2,1-2H3,(H,28,29). The first-order valence-electron chi connectivity index (χ1n) is 11.6. The molecule has 0 spiro atoms. The Kier molecular flexibility index (Phi) is 7.83. The van der Waals surface area contributed by atoms with Gasteiger partial charge in [-0.2, -0.15) is 0 Å². The highest BCUT2D eigenvalue weighted by atomic mass is 32.2. The van der Waals surface area contributed by atoms with Gasteiger partial charge < -0.3 is 0 Å². The summed E-state index contributed by atoms with van der Waals surface area (Å²) in [6.45, 7) is 4.06. The number of fused-ring (bicyclic) bond motifs is 1. The predicted molar refractivity (Wildman–Crippen MR) is 133 cm³/mol. The maximum Gasteiger partial charge on any atom is 0.230 e. The van der Waals surface area contributed by atoms with Crippen LogP contribution in [0.2, 0.25) is 0 Å². The van der Waals surface area contributed by atoms with Crippen LogP contribution in [0, 0.1) is 12.7 Å². The molecule has 0 fully saturated rings. The molecule has 2 aromatic carbocycles. The molecule has 1 aliphatic heterocycles. The molecule has 0 aliphatic carbocycles. The van der Waals surface area contributed by atoms with Crippen LogP contribution in [0.15, 0.2) is 63.3 Å². The molecule has 5 nitrogen and oxygen atoms in total. The van der Waals surface area contributed by atoms with Gasteiger partial charge in [-0.25, -0.2) is 19.7 Å². The molecule has 3 aromatic rings. The zero-order valence-corrected chi connectivity index (χ0v) is 20.0. The summed E-state index contributed by atoms with van der Waals surface area (Å²) in [7, 11) is 0. The van der Waals surface area contributed by atoms with Crippen molar-refractivity contribution in [1.82, 2.24) is 10.0 Å². The third-order valence-corrected chi connectivity index (χ3v) is 7.10. The Morgan fingerprint density at radius 2 is 1.85 bits per heavy atom. The molecule has 33 heavy (non-hydrogen) atoms. The molecule has 1 aromatic heterocycles. The molecule has 1 unspecified atom stereocenters. The number of thioether (sulfide) groups is 1. The van der Waals surface area contributed by atoms with E-state index in [0.29, 0.717) is 22.7 Å². The number of hydrogen-bond donors (Lipinski definition) is 1. The van der Waals surface area contributed by atoms with Gasteiger partial charge in [-0.05, 0) is 49.6 Å². The van der Waals surface area contributed by atoms with Crippen LogP contribution in [0.5, 0.6) is 0 Å². The Labute approximate surface area is 198 Å². The van der Waals surface area contributed by atoms with E-state index < -0.39 is 0 Å². The van der Waals surface area contributed by atoms with Crippen LogP contribution in [-0.2, 0) is 10.6 Å². The summed E-state index contributed by atoms with van der Waals surface area (Å²) in [5.74, 6) is 0.938. The number of rotatable bonds is 9. The Balaban J connectivity index is 1.65. The minimum atomic E-state index is -0.259. The first-order chi connectivity index (χ1) is 16.1. The van der Waals surface area contributed by atoms with Crippen molar-refractivity contribution < 1.29 is 9.23 Å². The molecule has 174 valence electrons. The van der Waals surface area contributed by atoms with Gasteiger partial charge in [0.05, 0.1) is 10.5 Å². The van der Waals surface area contributed by atoms with Crippen LogP contribution in [-0.4, -0.2) is 16.8 Å². The smallest absolute Gasteiger partial charge is 0.230 e. The van der Waals surface area contributed by atoms with Gasteiger partial charge in [-0.1, -0.05) is 56.9 Å². The van der Waals surface area contributed by atoms with Crippen molar-refractivity contribution >= 4 is 28.6 Å². The van der Waals surface area contributed by atoms with E-state index >= 15 is 0 Å². The van der Waals surface area contributed by atoms with Crippen LogP contribution < -0.4 is 10.9 Å². The number of nitrogens with one attached hydrogen (secondary N) is 1. The molecule has 2 heterocycles. The number of benzene rings is 2. The number of unbranched alkanes of at least 4 members (excludes halogenated alkanes) is 4. The van der Waals surface area contributed by atoms with Gasteiger partial charge in [0.25, 0.3) is 0 Å². The molecule has 1 atom stereocenters. The average molecular weight is 468 g/mol. The first-order valence-corrected chi connectivity index (χ1v) is 12.6. The molecule has 1 N–H and O–H groups in total. The van der Waals surface area contributed by atoms with Crippen LogP contribution in [0.3, 0.4) is 0 Å². The van der Waals surface area contributed by atoms with Crippen molar-refractivity contribution in [3.05, 3.63) is 75.7 Å². The van der Waals surface area contributed by atoms with Crippen molar-refractivity contribution in [3.8, 4) is 0 Å². The summed E-state index contributed by atoms with van der Waals surface area (Å²) >= 11 is 1.54. The van der Waals surface area contributed by atoms with E-state index in [-0.39, 0.29) is 17.5 Å². The van der Waals surface area contributed by atoms with Gasteiger partial charge in [-0.3, -0.25) is 9.36 Å². The highest BCUT2D eigenvalue weighted by Gasteiger charge is 2.24. The largest absolute Gasteiger partial charge is 0.289 e. The van der Waals surface area contributed by atoms with E-state index in [1.165, 1.54) is 37.8 Å². The van der Waals surface area contributed by atoms with E-state index in [4.69, 9.17) is 9.83 Å². The van der Waals surface area contributed by atoms with E-state index in [1.54, 1.807) is 23.9 Å². The highest BCUT2D eigenvalue weighted by molar-refractivity contribution is 7.98. The Morgan fingerprint density at radius 1 is 1.09 bits per heavy atom. The summed E-state index contributed by atoms with van der Waals surface area (Å²) in [6.07, 6.45) is 6.58. The van der Waals surface area contributed by atoms with Crippen molar-refractivity contribution in [2.75, 3.05) is 0 Å². The second-order valence-electron chi connectivity index (χ2n) is 8.36. The lowest BCUT2D eigenvalue weighted by Gasteiger charge is -2.18. The molecule has 4 rings (SSSR count). The number of aliphatic imine (C=N–C) groups is 1. The third-order valence-electron chi connectivity index (χ3n) is 5.86. The lowest BCUT2D eigenvalue weighted by molar-refractivity contribution is 0.0309. The van der Waals surface area contributed by atoms with E-state index in [9.17, 15) is 9.18 Å². The van der Waals surface area contributed by atoms with Crippen molar-refractivity contribution in [2.24, 2.45) is 4.99 Å². The summed E-state index contributed by atoms with van der Waals surface area (Å²) in [5, 5.41) is 1.45. The molecule has 1 aliphatic rings. The molecule has 0 amide bonds. The normalized spacial score (nSPS) is 15.6. The molecule has 7 heteroatoms. The van der Waals surface area contributed by atoms with Crippen LogP contribution in [0.4, 0.5) is 4.39 Å². The maximum absolute atomic E-state index is 13.3. The molecule has 0 radical (unpaired) electrons. The van der Waals surface area contributed by atoms with Crippen molar-refractivity contribution in [1.29, 1.82) is 0 Å². The summed E-state index contributed by atoms with van der Waals surface area (Å²) < 4.78 is 15.3. The number of para-hydroxylation sites is 1. The fourth-order valence-electron chi connectivity index (χ4n) is 4.01. The lowest BCUT2D eigenvalue weighted by atomic mass is 10.1. The zero-order chi connectivity index (χ0) is 23.2. The minimum Gasteiger partial charge on any atom is -0.289 e. The molecular weight excluding hydrogens is 437 g/mol. The topological polar surface area (TPSA) is 55.6 Å². The van der Waals surface area contributed by atoms with Crippen LogP contribution >= 0.6 is 11.8 Å². The van der Waals surface area contributed by atoms with Crippen LogP contribution in [0.25, 0.3) is 10.9 Å². The highest BCUT2D eigenvalue weighted by Crippen LogP contribution is 2.29. The summed E-state index contributed by atoms with van der Waals surface area (Å²) in [6, 6.07) is 14.0. The number of hydrogen-bond acceptors (Lipinski definition) is 5. The first kappa shape index (κ1) is 23.5. The van der Waals surface area contributed by atoms with Crippen molar-refractivity contribution in [3.63, 3.8) is 0 Å². The molecule has 0 saturated heterocycles. The van der Waals surface area contributed by atoms with Crippen LogP contribution in [0.1, 0.15) is 56.6 Å². The zero-order valence-electron chi connectivity index (χ0n) is 19.1. The second kappa shape index (κ2) is 11.0. The van der Waals surface area contributed by atoms with Gasteiger partial charge in [0.2, 0.25) is 5.96 Å². The number of hydroxylamine groups is 1. The fraction of sp³-hybridized carbons (Fsp3) is 0.385. The van der Waals surface area contributed by atoms with Gasteiger partial charge in [0.15, 0.2) is 11.7 Å². The molecular formula is C26H30FN3O2S. The van der Waals surface area contributed by atoms with Gasteiger partial charge >= 0.3 is 0 Å². The van der Waals surface area contributed by atoms with E-state index in [0.717, 1.165) is 28.9 Å². The minimum absolute atomic E-state index is 0.00967. The number of aromatic nitrogens is 1. The average Bonchev–Trinajstić information content (AvgIpc) is 3.30. The Bertz CT molecular complexity index is 1190. The van der Waals surface area contributed by atoms with Gasteiger partial charge in [0, 0.05) is 16.7 Å². The lowest BCUT2D eigenvalue weighted by Crippen LogP contribution is -2.29. The van der Waals surface area contributed by atoms with Gasteiger partial charge in [0.1, 0.15) is 5.82 Å². The number of nitrogens with zero attached hydrogens (tertiary/aromatic N) is 2. The van der Waals surface area contributed by atoms with E-state index in [2.05, 4.69) is 12.4 Å². The van der Waals surface area contributed by atoms with Gasteiger partial charge in [-0.15, -0.1) is 11.8 Å². The molecule has 0 saturated carbocycles. The van der Waals surface area contributed by atoms with E-state index in [1.807, 2.05) is 35.8 Å². The number of halogens is 1. The third kappa shape index (κ3) is 5.47. The van der Waals surface area contributed by atoms with Crippen molar-refractivity contribution in [2.45, 2.75) is 69.4 Å². The predicted octanol–water partition coefficient (Wildman–Crippen LogP) is 6.17. The SMILES string of the molecule is CCCCCCCC1N=C(n2c(SCc3ccc(F)cc3)c(C)c(=O)c3ccccc32)NO1. The Hall–Kier alpha value is -2.64. The summed E-state index contributed by atoms with van der Waals surface area (Å²) in [4.78, 5) is 23.7. The Morgan fingerprint density at radius 3 is 2.64 bits per heavy atom. The summed E-state index contributed by atoms with van der Waals surface area (Å²) in [5.41, 5.74) is 5.45. The second-order valence-corrected chi connectivity index (χ2v) is 9.32. The fourth-order valence-corrected chi connectivity index (χ4v) is 5.13. The quantitative estimate of drug-likeness (QED) is 0.302. The molecule has 0 bridgehead atoms. The maximum atomic E-state index is 13.3. The monoisotopic (exact) mass is 467 g/mol. The number of pyridine rings is 1.